The summed E-state index contributed by atoms with van der Waals surface area (Å²) in [5, 5.41) is 9.66. The van der Waals surface area contributed by atoms with Crippen molar-refractivity contribution in [1.29, 1.82) is 0 Å². The number of aromatic amines is 1. The van der Waals surface area contributed by atoms with Crippen LogP contribution < -0.4 is 5.32 Å². The first-order valence-corrected chi connectivity index (χ1v) is 7.84. The maximum absolute atomic E-state index is 12.1. The molecule has 2 rings (SSSR count). The fourth-order valence-corrected chi connectivity index (χ4v) is 2.32. The first kappa shape index (κ1) is 15.7. The molecular weight excluding hydrogens is 332 g/mol. The molecule has 0 aliphatic heterocycles. The Balaban J connectivity index is 1.90. The number of carbonyl (C=O) groups is 1. The van der Waals surface area contributed by atoms with Crippen molar-refractivity contribution in [2.45, 2.75) is 39.2 Å². The third-order valence-electron chi connectivity index (χ3n) is 3.05. The number of nitrogens with zero attached hydrogens (tertiary/aromatic N) is 2. The summed E-state index contributed by atoms with van der Waals surface area (Å²) < 4.78 is 1.05. The molecule has 0 aliphatic carbocycles. The number of carbonyl (C=O) groups excluding carboxylic acids is 1. The minimum absolute atomic E-state index is 0.0202. The van der Waals surface area contributed by atoms with Gasteiger partial charge in [-0.3, -0.25) is 9.89 Å². The van der Waals surface area contributed by atoms with Crippen molar-refractivity contribution >= 4 is 21.8 Å². The smallest absolute Gasteiger partial charge is 0.291 e. The second kappa shape index (κ2) is 7.36. The number of aromatic nitrogens is 3. The van der Waals surface area contributed by atoms with Gasteiger partial charge in [-0.15, -0.1) is 5.10 Å². The Morgan fingerprint density at radius 3 is 2.76 bits per heavy atom. The quantitative estimate of drug-likeness (QED) is 0.841. The molecule has 0 spiro atoms. The molecule has 1 aromatic carbocycles. The topological polar surface area (TPSA) is 70.7 Å². The molecule has 112 valence electrons. The zero-order chi connectivity index (χ0) is 15.2. The van der Waals surface area contributed by atoms with Crippen LogP contribution in [0.4, 0.5) is 0 Å². The van der Waals surface area contributed by atoms with Gasteiger partial charge in [-0.2, -0.15) is 0 Å². The van der Waals surface area contributed by atoms with Crippen LogP contribution in [0.3, 0.4) is 0 Å². The zero-order valence-electron chi connectivity index (χ0n) is 12.2. The highest BCUT2D eigenvalue weighted by Crippen LogP contribution is 2.12. The van der Waals surface area contributed by atoms with Crippen LogP contribution in [0.25, 0.3) is 0 Å². The van der Waals surface area contributed by atoms with Gasteiger partial charge in [0.15, 0.2) is 0 Å². The number of amides is 1. The lowest BCUT2D eigenvalue weighted by Crippen LogP contribution is -2.34. The molecule has 1 heterocycles. The third kappa shape index (κ3) is 4.67. The molecule has 1 aromatic heterocycles. The summed E-state index contributed by atoms with van der Waals surface area (Å²) in [5.74, 6) is 0.725. The molecule has 0 fully saturated rings. The minimum Gasteiger partial charge on any atom is -0.346 e. The lowest BCUT2D eigenvalue weighted by Gasteiger charge is -2.12. The Bertz CT molecular complexity index is 594. The summed E-state index contributed by atoms with van der Waals surface area (Å²) in [6.07, 6.45) is 2.54. The number of benzene rings is 1. The molecule has 0 bridgehead atoms. The van der Waals surface area contributed by atoms with E-state index in [-0.39, 0.29) is 17.8 Å². The van der Waals surface area contributed by atoms with E-state index in [4.69, 9.17) is 0 Å². The summed E-state index contributed by atoms with van der Waals surface area (Å²) in [4.78, 5) is 16.2. The zero-order valence-corrected chi connectivity index (χ0v) is 13.8. The van der Waals surface area contributed by atoms with Crippen molar-refractivity contribution in [1.82, 2.24) is 20.5 Å². The average Bonchev–Trinajstić information content (AvgIpc) is 2.90. The molecule has 2 aromatic rings. The number of halogens is 1. The average molecular weight is 351 g/mol. The van der Waals surface area contributed by atoms with Crippen LogP contribution in [0, 0.1) is 0 Å². The van der Waals surface area contributed by atoms with Gasteiger partial charge in [-0.05, 0) is 37.5 Å². The highest BCUT2D eigenvalue weighted by atomic mass is 79.9. The molecule has 0 saturated heterocycles. The maximum Gasteiger partial charge on any atom is 0.291 e. The molecule has 1 amide bonds. The van der Waals surface area contributed by atoms with Crippen LogP contribution in [-0.2, 0) is 12.8 Å². The van der Waals surface area contributed by atoms with Crippen LogP contribution in [0.5, 0.6) is 0 Å². The number of H-pyrrole nitrogens is 1. The largest absolute Gasteiger partial charge is 0.346 e. The number of aryl methyl sites for hydroxylation is 1. The molecule has 1 unspecified atom stereocenters. The van der Waals surface area contributed by atoms with E-state index in [2.05, 4.69) is 43.4 Å². The summed E-state index contributed by atoms with van der Waals surface area (Å²) >= 11 is 3.41. The Morgan fingerprint density at radius 2 is 2.10 bits per heavy atom. The van der Waals surface area contributed by atoms with Crippen molar-refractivity contribution in [3.8, 4) is 0 Å². The fraction of sp³-hybridized carbons (Fsp3) is 0.400. The summed E-state index contributed by atoms with van der Waals surface area (Å²) in [5.41, 5.74) is 1.17. The van der Waals surface area contributed by atoms with Gasteiger partial charge in [0.05, 0.1) is 0 Å². The second-order valence-corrected chi connectivity index (χ2v) is 5.98. The van der Waals surface area contributed by atoms with E-state index in [1.54, 1.807) is 0 Å². The summed E-state index contributed by atoms with van der Waals surface area (Å²) in [6, 6.07) is 8.09. The van der Waals surface area contributed by atoms with E-state index in [9.17, 15) is 4.79 Å². The van der Waals surface area contributed by atoms with E-state index in [1.807, 2.05) is 31.2 Å². The Kier molecular flexibility index (Phi) is 5.50. The first-order valence-electron chi connectivity index (χ1n) is 7.05. The molecule has 21 heavy (non-hydrogen) atoms. The molecule has 0 saturated carbocycles. The van der Waals surface area contributed by atoms with Gasteiger partial charge in [0.25, 0.3) is 5.91 Å². The second-order valence-electron chi connectivity index (χ2n) is 5.06. The van der Waals surface area contributed by atoms with Crippen LogP contribution >= 0.6 is 15.9 Å². The molecule has 6 heteroatoms. The van der Waals surface area contributed by atoms with Crippen molar-refractivity contribution in [3.05, 3.63) is 46.0 Å². The normalized spacial score (nSPS) is 12.1. The van der Waals surface area contributed by atoms with Crippen molar-refractivity contribution in [2.24, 2.45) is 0 Å². The van der Waals surface area contributed by atoms with Crippen LogP contribution in [-0.4, -0.2) is 27.1 Å². The molecule has 0 radical (unpaired) electrons. The SMILES string of the molecule is CCCc1nc(C(=O)NC(C)Cc2ccc(Br)cc2)n[nH]1. The van der Waals surface area contributed by atoms with Crippen molar-refractivity contribution in [3.63, 3.8) is 0 Å². The third-order valence-corrected chi connectivity index (χ3v) is 3.58. The van der Waals surface area contributed by atoms with E-state index in [0.717, 1.165) is 29.6 Å². The van der Waals surface area contributed by atoms with Gasteiger partial charge in [0, 0.05) is 16.9 Å². The lowest BCUT2D eigenvalue weighted by atomic mass is 10.1. The van der Waals surface area contributed by atoms with Gasteiger partial charge < -0.3 is 5.32 Å². The highest BCUT2D eigenvalue weighted by molar-refractivity contribution is 9.10. The molecule has 5 nitrogen and oxygen atoms in total. The van der Waals surface area contributed by atoms with Gasteiger partial charge in [-0.1, -0.05) is 35.0 Å². The predicted molar refractivity (Wildman–Crippen MR) is 85.2 cm³/mol. The number of rotatable bonds is 6. The number of nitrogens with one attached hydrogen (secondary N) is 2. The summed E-state index contributed by atoms with van der Waals surface area (Å²) in [7, 11) is 0. The lowest BCUT2D eigenvalue weighted by molar-refractivity contribution is 0.0930. The standard InChI is InChI=1S/C15H19BrN4O/c1-3-4-13-18-14(20-19-13)15(21)17-10(2)9-11-5-7-12(16)8-6-11/h5-8,10H,3-4,9H2,1-2H3,(H,17,21)(H,18,19,20). The molecular formula is C15H19BrN4O. The Morgan fingerprint density at radius 1 is 1.38 bits per heavy atom. The molecule has 0 aliphatic rings. The predicted octanol–water partition coefficient (Wildman–Crippen LogP) is 2.88. The maximum atomic E-state index is 12.1. The van der Waals surface area contributed by atoms with Gasteiger partial charge in [0.1, 0.15) is 5.82 Å². The van der Waals surface area contributed by atoms with Gasteiger partial charge in [-0.25, -0.2) is 4.98 Å². The monoisotopic (exact) mass is 350 g/mol. The van der Waals surface area contributed by atoms with Crippen LogP contribution in [0.2, 0.25) is 0 Å². The fourth-order valence-electron chi connectivity index (χ4n) is 2.06. The van der Waals surface area contributed by atoms with Gasteiger partial charge in [0.2, 0.25) is 5.82 Å². The van der Waals surface area contributed by atoms with Crippen molar-refractivity contribution < 1.29 is 4.79 Å². The molecule has 1 atom stereocenters. The van der Waals surface area contributed by atoms with Crippen LogP contribution in [0.15, 0.2) is 28.7 Å². The molecule has 2 N–H and O–H groups in total. The minimum atomic E-state index is -0.238. The van der Waals surface area contributed by atoms with Gasteiger partial charge >= 0.3 is 0 Å². The Labute approximate surface area is 132 Å². The van der Waals surface area contributed by atoms with E-state index >= 15 is 0 Å². The van der Waals surface area contributed by atoms with E-state index < -0.39 is 0 Å². The van der Waals surface area contributed by atoms with E-state index in [1.165, 1.54) is 5.56 Å². The summed E-state index contributed by atoms with van der Waals surface area (Å²) in [6.45, 7) is 4.03. The number of hydrogen-bond donors (Lipinski definition) is 2. The van der Waals surface area contributed by atoms with Crippen LogP contribution in [0.1, 0.15) is 42.3 Å². The number of hydrogen-bond acceptors (Lipinski definition) is 3. The van der Waals surface area contributed by atoms with Crippen molar-refractivity contribution in [2.75, 3.05) is 0 Å². The Hall–Kier alpha value is -1.69. The van der Waals surface area contributed by atoms with E-state index in [0.29, 0.717) is 0 Å². The highest BCUT2D eigenvalue weighted by Gasteiger charge is 2.15. The first-order chi connectivity index (χ1) is 10.1.